The van der Waals surface area contributed by atoms with E-state index in [-0.39, 0.29) is 36.2 Å². The number of hydrogen-bond acceptors (Lipinski definition) is 5. The third-order valence-electron chi connectivity index (χ3n) is 1.92. The lowest BCUT2D eigenvalue weighted by atomic mass is 10.3. The van der Waals surface area contributed by atoms with Crippen LogP contribution in [-0.4, -0.2) is 35.7 Å². The van der Waals surface area contributed by atoms with Crippen molar-refractivity contribution in [3.8, 4) is 5.75 Å². The lowest BCUT2D eigenvalue weighted by Crippen LogP contribution is -2.31. The van der Waals surface area contributed by atoms with Crippen LogP contribution in [0.25, 0.3) is 0 Å². The smallest absolute Gasteiger partial charge is 0.273 e. The molecule has 0 radical (unpaired) electrons. The number of aliphatic hydroxyl groups excluding tert-OH is 1. The third kappa shape index (κ3) is 4.19. The molecule has 0 atom stereocenters. The second kappa shape index (κ2) is 6.77. The van der Waals surface area contributed by atoms with Crippen LogP contribution in [0.2, 0.25) is 5.02 Å². The van der Waals surface area contributed by atoms with E-state index in [4.69, 9.17) is 21.4 Å². The molecule has 0 bridgehead atoms. The molecule has 0 saturated carbocycles. The van der Waals surface area contributed by atoms with Crippen LogP contribution < -0.4 is 10.1 Å². The quantitative estimate of drug-likeness (QED) is 0.588. The summed E-state index contributed by atoms with van der Waals surface area (Å²) in [4.78, 5) is 21.1. The minimum Gasteiger partial charge on any atom is -0.482 e. The fourth-order valence-corrected chi connectivity index (χ4v) is 1.28. The number of benzene rings is 1. The predicted octanol–water partition coefficient (Wildman–Crippen LogP) is 0.735. The van der Waals surface area contributed by atoms with Crippen LogP contribution in [-0.2, 0) is 4.79 Å². The van der Waals surface area contributed by atoms with Crippen molar-refractivity contribution in [2.24, 2.45) is 0 Å². The van der Waals surface area contributed by atoms with Gasteiger partial charge in [0.2, 0.25) is 0 Å². The molecule has 1 amide bonds. The molecule has 1 aromatic carbocycles. The maximum Gasteiger partial charge on any atom is 0.273 e. The Balaban J connectivity index is 2.63. The first kappa shape index (κ1) is 14.2. The van der Waals surface area contributed by atoms with Gasteiger partial charge in [0.1, 0.15) is 5.75 Å². The molecule has 8 heteroatoms. The minimum absolute atomic E-state index is 0.0602. The van der Waals surface area contributed by atoms with Gasteiger partial charge in [0, 0.05) is 12.6 Å². The highest BCUT2D eigenvalue weighted by molar-refractivity contribution is 6.32. The van der Waals surface area contributed by atoms with Gasteiger partial charge in [-0.05, 0) is 6.07 Å². The van der Waals surface area contributed by atoms with Crippen LogP contribution in [0, 0.1) is 10.1 Å². The van der Waals surface area contributed by atoms with E-state index < -0.39 is 10.8 Å². The van der Waals surface area contributed by atoms with Crippen molar-refractivity contribution in [1.29, 1.82) is 0 Å². The third-order valence-corrected chi connectivity index (χ3v) is 2.23. The van der Waals surface area contributed by atoms with Gasteiger partial charge in [-0.15, -0.1) is 0 Å². The maximum absolute atomic E-state index is 11.2. The summed E-state index contributed by atoms with van der Waals surface area (Å²) in [6.45, 7) is -0.394. The molecule has 0 aromatic heterocycles. The van der Waals surface area contributed by atoms with Gasteiger partial charge < -0.3 is 15.2 Å². The Morgan fingerprint density at radius 2 is 2.28 bits per heavy atom. The van der Waals surface area contributed by atoms with Gasteiger partial charge in [-0.3, -0.25) is 14.9 Å². The van der Waals surface area contributed by atoms with E-state index in [0.717, 1.165) is 6.07 Å². The number of carbonyl (C=O) groups is 1. The average molecular weight is 275 g/mol. The number of aliphatic hydroxyl groups is 1. The number of rotatable bonds is 6. The monoisotopic (exact) mass is 274 g/mol. The number of nitro benzene ring substituents is 1. The second-order valence-electron chi connectivity index (χ2n) is 3.23. The van der Waals surface area contributed by atoms with Crippen molar-refractivity contribution in [2.45, 2.75) is 0 Å². The molecule has 0 heterocycles. The summed E-state index contributed by atoms with van der Waals surface area (Å²) in [5.74, 6) is -0.392. The molecule has 0 fully saturated rings. The summed E-state index contributed by atoms with van der Waals surface area (Å²) in [5, 5.41) is 21.6. The predicted molar refractivity (Wildman–Crippen MR) is 63.7 cm³/mol. The van der Waals surface area contributed by atoms with Crippen LogP contribution in [0.5, 0.6) is 5.75 Å². The Bertz CT molecular complexity index is 452. The first-order valence-corrected chi connectivity index (χ1v) is 5.36. The van der Waals surface area contributed by atoms with Crippen LogP contribution >= 0.6 is 11.6 Å². The molecule has 0 aliphatic carbocycles. The molecule has 1 aromatic rings. The number of nitrogens with one attached hydrogen (secondary N) is 1. The van der Waals surface area contributed by atoms with E-state index >= 15 is 0 Å². The van der Waals surface area contributed by atoms with Gasteiger partial charge in [-0.1, -0.05) is 11.6 Å². The van der Waals surface area contributed by atoms with Crippen molar-refractivity contribution < 1.29 is 19.6 Å². The first-order valence-electron chi connectivity index (χ1n) is 4.99. The topological polar surface area (TPSA) is 102 Å². The van der Waals surface area contributed by atoms with Gasteiger partial charge in [-0.2, -0.15) is 0 Å². The SMILES string of the molecule is O=C(COc1cc([N+](=O)[O-])ccc1Cl)NCCO. The molecule has 0 saturated heterocycles. The Kier molecular flexibility index (Phi) is 5.34. The zero-order valence-electron chi connectivity index (χ0n) is 9.26. The average Bonchev–Trinajstić information content (AvgIpc) is 2.35. The fraction of sp³-hybridized carbons (Fsp3) is 0.300. The minimum atomic E-state index is -0.588. The van der Waals surface area contributed by atoms with Gasteiger partial charge >= 0.3 is 0 Å². The number of nitro groups is 1. The summed E-state index contributed by atoms with van der Waals surface area (Å²) in [5.41, 5.74) is -0.176. The highest BCUT2D eigenvalue weighted by Gasteiger charge is 2.11. The van der Waals surface area contributed by atoms with E-state index in [9.17, 15) is 14.9 Å². The van der Waals surface area contributed by atoms with E-state index in [2.05, 4.69) is 5.32 Å². The summed E-state index contributed by atoms with van der Waals surface area (Å²) in [6, 6.07) is 3.70. The number of amides is 1. The zero-order valence-corrected chi connectivity index (χ0v) is 10.0. The van der Waals surface area contributed by atoms with E-state index in [1.807, 2.05) is 0 Å². The molecule has 7 nitrogen and oxygen atoms in total. The van der Waals surface area contributed by atoms with Gasteiger partial charge in [-0.25, -0.2) is 0 Å². The Morgan fingerprint density at radius 1 is 1.56 bits per heavy atom. The molecule has 0 aliphatic heterocycles. The first-order chi connectivity index (χ1) is 8.54. The number of non-ortho nitro benzene ring substituents is 1. The van der Waals surface area contributed by atoms with Crippen molar-refractivity contribution in [1.82, 2.24) is 5.32 Å². The highest BCUT2D eigenvalue weighted by atomic mass is 35.5. The van der Waals surface area contributed by atoms with Gasteiger partial charge in [0.05, 0.1) is 22.6 Å². The van der Waals surface area contributed by atoms with E-state index in [1.54, 1.807) is 0 Å². The molecular weight excluding hydrogens is 264 g/mol. The summed E-state index contributed by atoms with van der Waals surface area (Å²) < 4.78 is 5.06. The van der Waals surface area contributed by atoms with Crippen LogP contribution in [0.1, 0.15) is 0 Å². The van der Waals surface area contributed by atoms with E-state index in [1.165, 1.54) is 12.1 Å². The maximum atomic E-state index is 11.2. The molecule has 0 unspecified atom stereocenters. The Morgan fingerprint density at radius 3 is 2.89 bits per heavy atom. The number of halogens is 1. The molecule has 0 spiro atoms. The summed E-state index contributed by atoms with van der Waals surface area (Å²) >= 11 is 5.77. The molecule has 0 aliphatic rings. The number of nitrogens with zero attached hydrogens (tertiary/aromatic N) is 1. The van der Waals surface area contributed by atoms with Crippen molar-refractivity contribution >= 4 is 23.2 Å². The van der Waals surface area contributed by atoms with Crippen molar-refractivity contribution in [2.75, 3.05) is 19.8 Å². The summed E-state index contributed by atoms with van der Waals surface area (Å²) in [6.07, 6.45) is 0. The van der Waals surface area contributed by atoms with Crippen LogP contribution in [0.15, 0.2) is 18.2 Å². The Hall–Kier alpha value is -1.86. The summed E-state index contributed by atoms with van der Waals surface area (Å²) in [7, 11) is 0. The lowest BCUT2D eigenvalue weighted by Gasteiger charge is -2.07. The van der Waals surface area contributed by atoms with Crippen LogP contribution in [0.4, 0.5) is 5.69 Å². The number of carbonyl (C=O) groups excluding carboxylic acids is 1. The normalized spacial score (nSPS) is 9.89. The standard InChI is InChI=1S/C10H11ClN2O5/c11-8-2-1-7(13(16)17)5-9(8)18-6-10(15)12-3-4-14/h1-2,5,14H,3-4,6H2,(H,12,15). The lowest BCUT2D eigenvalue weighted by molar-refractivity contribution is -0.384. The second-order valence-corrected chi connectivity index (χ2v) is 3.64. The van der Waals surface area contributed by atoms with Gasteiger partial charge in [0.25, 0.3) is 11.6 Å². The number of ether oxygens (including phenoxy) is 1. The molecule has 18 heavy (non-hydrogen) atoms. The molecule has 1 rings (SSSR count). The Labute approximate surface area is 107 Å². The number of hydrogen-bond donors (Lipinski definition) is 2. The molecule has 2 N–H and O–H groups in total. The van der Waals surface area contributed by atoms with E-state index in [0.29, 0.717) is 0 Å². The van der Waals surface area contributed by atoms with Crippen molar-refractivity contribution in [3.63, 3.8) is 0 Å². The van der Waals surface area contributed by atoms with Crippen molar-refractivity contribution in [3.05, 3.63) is 33.3 Å². The van der Waals surface area contributed by atoms with Crippen LogP contribution in [0.3, 0.4) is 0 Å². The van der Waals surface area contributed by atoms with Gasteiger partial charge in [0.15, 0.2) is 6.61 Å². The highest BCUT2D eigenvalue weighted by Crippen LogP contribution is 2.28. The largest absolute Gasteiger partial charge is 0.482 e. The fourth-order valence-electron chi connectivity index (χ4n) is 1.11. The molecular formula is C10H11ClN2O5. The zero-order chi connectivity index (χ0) is 13.5. The molecule has 98 valence electrons.